The number of aromatic nitrogens is 1. The lowest BCUT2D eigenvalue weighted by Gasteiger charge is -2.10. The highest BCUT2D eigenvalue weighted by Crippen LogP contribution is 2.24. The van der Waals surface area contributed by atoms with Gasteiger partial charge in [-0.15, -0.1) is 0 Å². The van der Waals surface area contributed by atoms with E-state index in [1.165, 1.54) is 6.07 Å². The van der Waals surface area contributed by atoms with Gasteiger partial charge in [0.1, 0.15) is 24.2 Å². The van der Waals surface area contributed by atoms with Crippen LogP contribution in [0.4, 0.5) is 4.39 Å². The molecular formula is C22H18FN3O2. The molecule has 0 unspecified atom stereocenters. The third-order valence-electron chi connectivity index (χ3n) is 4.39. The maximum atomic E-state index is 13.9. The second-order valence-corrected chi connectivity index (χ2v) is 6.44. The number of hydrogen-bond donors (Lipinski definition) is 1. The van der Waals surface area contributed by atoms with Gasteiger partial charge >= 0.3 is 0 Å². The largest absolute Gasteiger partial charge is 0.489 e. The fourth-order valence-electron chi connectivity index (χ4n) is 2.93. The SMILES string of the molecule is Cc1cc(-c2cc(COc3cc(C)c(C#N)c(F)c3)ccn2)ccc1C(N)=O. The van der Waals surface area contributed by atoms with Gasteiger partial charge in [0.15, 0.2) is 0 Å². The predicted octanol–water partition coefficient (Wildman–Crippen LogP) is 4.05. The standard InChI is InChI=1S/C22H18FN3O2/c1-13-7-16(3-4-18(13)22(25)27)21-9-15(5-6-26-21)12-28-17-8-14(2)19(11-24)20(23)10-17/h3-10H,12H2,1-2H3,(H2,25,27). The first-order chi connectivity index (χ1) is 13.4. The number of benzene rings is 2. The van der Waals surface area contributed by atoms with E-state index < -0.39 is 11.7 Å². The zero-order chi connectivity index (χ0) is 20.3. The van der Waals surface area contributed by atoms with Gasteiger partial charge in [-0.2, -0.15) is 5.26 Å². The van der Waals surface area contributed by atoms with Crippen molar-refractivity contribution in [2.45, 2.75) is 20.5 Å². The first kappa shape index (κ1) is 19.1. The number of rotatable bonds is 5. The number of aryl methyl sites for hydroxylation is 2. The van der Waals surface area contributed by atoms with Crippen LogP contribution in [0.3, 0.4) is 0 Å². The van der Waals surface area contributed by atoms with Crippen LogP contribution in [0.15, 0.2) is 48.7 Å². The molecule has 3 aromatic rings. The van der Waals surface area contributed by atoms with Crippen molar-refractivity contribution < 1.29 is 13.9 Å². The zero-order valence-electron chi connectivity index (χ0n) is 15.5. The smallest absolute Gasteiger partial charge is 0.248 e. The Labute approximate surface area is 162 Å². The second kappa shape index (κ2) is 7.89. The summed E-state index contributed by atoms with van der Waals surface area (Å²) in [7, 11) is 0. The summed E-state index contributed by atoms with van der Waals surface area (Å²) in [6.45, 7) is 3.70. The normalized spacial score (nSPS) is 10.4. The number of nitriles is 1. The quantitative estimate of drug-likeness (QED) is 0.728. The van der Waals surface area contributed by atoms with Crippen LogP contribution >= 0.6 is 0 Å². The number of halogens is 1. The number of nitrogens with zero attached hydrogens (tertiary/aromatic N) is 2. The van der Waals surface area contributed by atoms with Gasteiger partial charge in [-0.25, -0.2) is 4.39 Å². The van der Waals surface area contributed by atoms with Crippen LogP contribution in [0.5, 0.6) is 5.75 Å². The predicted molar refractivity (Wildman–Crippen MR) is 103 cm³/mol. The summed E-state index contributed by atoms with van der Waals surface area (Å²) in [5, 5.41) is 8.94. The first-order valence-corrected chi connectivity index (χ1v) is 8.58. The summed E-state index contributed by atoms with van der Waals surface area (Å²) >= 11 is 0. The van der Waals surface area contributed by atoms with Crippen molar-refractivity contribution in [2.24, 2.45) is 5.73 Å². The Morgan fingerprint density at radius 1 is 1.18 bits per heavy atom. The van der Waals surface area contributed by atoms with Crippen molar-refractivity contribution in [3.05, 3.63) is 82.3 Å². The fraction of sp³-hybridized carbons (Fsp3) is 0.136. The number of ether oxygens (including phenoxy) is 1. The summed E-state index contributed by atoms with van der Waals surface area (Å²) in [4.78, 5) is 15.7. The lowest BCUT2D eigenvalue weighted by molar-refractivity contribution is 0.0999. The average Bonchev–Trinajstić information content (AvgIpc) is 2.66. The van der Waals surface area contributed by atoms with E-state index in [-0.39, 0.29) is 12.2 Å². The summed E-state index contributed by atoms with van der Waals surface area (Å²) in [6.07, 6.45) is 1.66. The second-order valence-electron chi connectivity index (χ2n) is 6.44. The van der Waals surface area contributed by atoms with Gasteiger partial charge in [-0.1, -0.05) is 6.07 Å². The molecule has 5 nitrogen and oxygen atoms in total. The summed E-state index contributed by atoms with van der Waals surface area (Å²) < 4.78 is 19.6. The Hall–Kier alpha value is -3.72. The average molecular weight is 375 g/mol. The highest BCUT2D eigenvalue weighted by Gasteiger charge is 2.10. The first-order valence-electron chi connectivity index (χ1n) is 8.58. The van der Waals surface area contributed by atoms with Crippen LogP contribution in [0.1, 0.15) is 32.6 Å². The van der Waals surface area contributed by atoms with Crippen molar-refractivity contribution in [1.82, 2.24) is 4.98 Å². The molecule has 0 bridgehead atoms. The van der Waals surface area contributed by atoms with E-state index in [0.717, 1.165) is 22.4 Å². The number of carbonyl (C=O) groups excluding carboxylic acids is 1. The van der Waals surface area contributed by atoms with Gasteiger partial charge in [0, 0.05) is 23.4 Å². The van der Waals surface area contributed by atoms with Crippen molar-refractivity contribution in [1.29, 1.82) is 5.26 Å². The van der Waals surface area contributed by atoms with Crippen molar-refractivity contribution in [2.75, 3.05) is 0 Å². The highest BCUT2D eigenvalue weighted by atomic mass is 19.1. The third-order valence-corrected chi connectivity index (χ3v) is 4.39. The molecule has 0 aliphatic heterocycles. The monoisotopic (exact) mass is 375 g/mol. The molecule has 3 rings (SSSR count). The minimum absolute atomic E-state index is 0.0216. The van der Waals surface area contributed by atoms with E-state index in [9.17, 15) is 9.18 Å². The Morgan fingerprint density at radius 3 is 2.61 bits per heavy atom. The molecule has 140 valence electrons. The molecule has 1 heterocycles. The Kier molecular flexibility index (Phi) is 5.37. The molecule has 1 aromatic heterocycles. The van der Waals surface area contributed by atoms with E-state index in [1.807, 2.05) is 25.1 Å². The van der Waals surface area contributed by atoms with Gasteiger partial charge in [0.2, 0.25) is 5.91 Å². The maximum absolute atomic E-state index is 13.9. The Morgan fingerprint density at radius 2 is 1.96 bits per heavy atom. The molecule has 0 saturated carbocycles. The fourth-order valence-corrected chi connectivity index (χ4v) is 2.93. The highest BCUT2D eigenvalue weighted by molar-refractivity contribution is 5.94. The number of nitrogens with two attached hydrogens (primary N) is 1. The molecule has 2 aromatic carbocycles. The van der Waals surface area contributed by atoms with Gasteiger partial charge in [0.25, 0.3) is 0 Å². The number of primary amides is 1. The number of amides is 1. The number of carbonyl (C=O) groups is 1. The molecule has 0 radical (unpaired) electrons. The van der Waals surface area contributed by atoms with Crippen LogP contribution < -0.4 is 10.5 Å². The molecule has 0 fully saturated rings. The van der Waals surface area contributed by atoms with Gasteiger partial charge in [0.05, 0.1) is 11.3 Å². The van der Waals surface area contributed by atoms with E-state index >= 15 is 0 Å². The van der Waals surface area contributed by atoms with Crippen LogP contribution in [-0.4, -0.2) is 10.9 Å². The van der Waals surface area contributed by atoms with Crippen LogP contribution in [-0.2, 0) is 6.61 Å². The lowest BCUT2D eigenvalue weighted by atomic mass is 10.0. The van der Waals surface area contributed by atoms with E-state index in [2.05, 4.69) is 4.98 Å². The lowest BCUT2D eigenvalue weighted by Crippen LogP contribution is -2.12. The van der Waals surface area contributed by atoms with E-state index in [1.54, 1.807) is 37.4 Å². The molecule has 1 amide bonds. The molecule has 0 atom stereocenters. The molecule has 0 aliphatic rings. The van der Waals surface area contributed by atoms with Gasteiger partial charge in [-0.3, -0.25) is 9.78 Å². The van der Waals surface area contributed by atoms with Crippen molar-refractivity contribution in [3.63, 3.8) is 0 Å². The van der Waals surface area contributed by atoms with Crippen LogP contribution in [0.2, 0.25) is 0 Å². The molecule has 0 spiro atoms. The van der Waals surface area contributed by atoms with E-state index in [0.29, 0.717) is 16.9 Å². The summed E-state index contributed by atoms with van der Waals surface area (Å²) in [5.41, 5.74) is 9.57. The Bertz CT molecular complexity index is 1080. The third kappa shape index (κ3) is 3.99. The topological polar surface area (TPSA) is 89.0 Å². The number of pyridine rings is 1. The van der Waals surface area contributed by atoms with Crippen molar-refractivity contribution in [3.8, 4) is 23.1 Å². The van der Waals surface area contributed by atoms with Gasteiger partial charge in [-0.05, 0) is 60.9 Å². The van der Waals surface area contributed by atoms with Crippen LogP contribution in [0.25, 0.3) is 11.3 Å². The van der Waals surface area contributed by atoms with Crippen LogP contribution in [0, 0.1) is 31.0 Å². The molecule has 28 heavy (non-hydrogen) atoms. The minimum atomic E-state index is -0.599. The molecule has 6 heteroatoms. The zero-order valence-corrected chi connectivity index (χ0v) is 15.5. The van der Waals surface area contributed by atoms with E-state index in [4.69, 9.17) is 15.7 Å². The Balaban J connectivity index is 1.80. The maximum Gasteiger partial charge on any atom is 0.248 e. The molecule has 0 saturated heterocycles. The van der Waals surface area contributed by atoms with Gasteiger partial charge < -0.3 is 10.5 Å². The summed E-state index contributed by atoms with van der Waals surface area (Å²) in [6, 6.07) is 13.7. The number of hydrogen-bond acceptors (Lipinski definition) is 4. The molecule has 2 N–H and O–H groups in total. The minimum Gasteiger partial charge on any atom is -0.489 e. The molecule has 0 aliphatic carbocycles. The summed E-state index contributed by atoms with van der Waals surface area (Å²) in [5.74, 6) is -0.712. The van der Waals surface area contributed by atoms with Crippen molar-refractivity contribution >= 4 is 5.91 Å². The molecular weight excluding hydrogens is 357 g/mol.